The fourth-order valence-electron chi connectivity index (χ4n) is 3.51. The summed E-state index contributed by atoms with van der Waals surface area (Å²) in [7, 11) is 0. The molecular weight excluding hydrogens is 276 g/mol. The normalized spacial score (nSPS) is 31.0. The summed E-state index contributed by atoms with van der Waals surface area (Å²) in [6, 6.07) is 1.16. The van der Waals surface area contributed by atoms with Crippen molar-refractivity contribution < 1.29 is 5.11 Å². The maximum absolute atomic E-state index is 9.60. The van der Waals surface area contributed by atoms with Crippen LogP contribution >= 0.6 is 0 Å². The summed E-state index contributed by atoms with van der Waals surface area (Å²) in [6.07, 6.45) is 7.81. The van der Waals surface area contributed by atoms with Crippen LogP contribution < -0.4 is 10.6 Å². The lowest BCUT2D eigenvalue weighted by Gasteiger charge is -2.33. The van der Waals surface area contributed by atoms with E-state index in [2.05, 4.69) is 29.4 Å². The van der Waals surface area contributed by atoms with Crippen LogP contribution in [0.25, 0.3) is 0 Å². The Kier molecular flexibility index (Phi) is 7.46. The smallest absolute Gasteiger partial charge is 0.191 e. The second-order valence-electron chi connectivity index (χ2n) is 6.79. The summed E-state index contributed by atoms with van der Waals surface area (Å²) in [5.41, 5.74) is 0. The number of nitrogens with zero attached hydrogens (tertiary/aromatic N) is 2. The Morgan fingerprint density at radius 3 is 2.64 bits per heavy atom. The van der Waals surface area contributed by atoms with Gasteiger partial charge >= 0.3 is 0 Å². The van der Waals surface area contributed by atoms with Gasteiger partial charge in [0, 0.05) is 25.2 Å². The fraction of sp³-hybridized carbons (Fsp3) is 0.941. The van der Waals surface area contributed by atoms with Gasteiger partial charge in [-0.3, -0.25) is 9.89 Å². The van der Waals surface area contributed by atoms with E-state index in [0.29, 0.717) is 12.1 Å². The molecule has 5 nitrogen and oxygen atoms in total. The lowest BCUT2D eigenvalue weighted by molar-refractivity contribution is 0.120. The molecule has 0 amide bonds. The summed E-state index contributed by atoms with van der Waals surface area (Å²) in [5.74, 6) is 0.938. The molecule has 1 unspecified atom stereocenters. The number of aliphatic hydroxyl groups excluding tert-OH is 1. The Balaban J connectivity index is 1.76. The second-order valence-corrected chi connectivity index (χ2v) is 6.79. The Bertz CT molecular complexity index is 340. The van der Waals surface area contributed by atoms with Crippen molar-refractivity contribution in [2.24, 2.45) is 4.99 Å². The zero-order valence-corrected chi connectivity index (χ0v) is 14.4. The highest BCUT2D eigenvalue weighted by molar-refractivity contribution is 5.80. The van der Waals surface area contributed by atoms with E-state index in [1.807, 2.05) is 0 Å². The van der Waals surface area contributed by atoms with Gasteiger partial charge in [-0.2, -0.15) is 0 Å². The van der Waals surface area contributed by atoms with Gasteiger partial charge in [0.25, 0.3) is 0 Å². The molecule has 1 aliphatic carbocycles. The van der Waals surface area contributed by atoms with Crippen LogP contribution in [-0.4, -0.2) is 60.3 Å². The SMILES string of the molecule is CCNC(=NCCN1CCCCC1C)NC1CCC(O)CC1. The van der Waals surface area contributed by atoms with E-state index in [1.54, 1.807) is 0 Å². The van der Waals surface area contributed by atoms with Gasteiger partial charge in [0.1, 0.15) is 0 Å². The summed E-state index contributed by atoms with van der Waals surface area (Å²) in [6.45, 7) is 8.47. The number of aliphatic imine (C=N–C) groups is 1. The molecule has 2 fully saturated rings. The third kappa shape index (κ3) is 5.76. The molecule has 2 rings (SSSR count). The lowest BCUT2D eigenvalue weighted by Crippen LogP contribution is -2.46. The molecule has 5 heteroatoms. The molecule has 3 N–H and O–H groups in total. The molecule has 0 radical (unpaired) electrons. The van der Waals surface area contributed by atoms with E-state index in [9.17, 15) is 5.11 Å². The third-order valence-corrected chi connectivity index (χ3v) is 4.98. The molecule has 1 saturated heterocycles. The summed E-state index contributed by atoms with van der Waals surface area (Å²) >= 11 is 0. The molecule has 2 aliphatic rings. The molecule has 0 spiro atoms. The molecule has 1 saturated carbocycles. The van der Waals surface area contributed by atoms with Gasteiger partial charge in [0.2, 0.25) is 0 Å². The number of hydrogen-bond donors (Lipinski definition) is 3. The highest BCUT2D eigenvalue weighted by Gasteiger charge is 2.20. The average molecular weight is 310 g/mol. The average Bonchev–Trinajstić information content (AvgIpc) is 2.51. The minimum absolute atomic E-state index is 0.0989. The van der Waals surface area contributed by atoms with Crippen LogP contribution in [0.1, 0.15) is 58.8 Å². The predicted octanol–water partition coefficient (Wildman–Crippen LogP) is 1.72. The highest BCUT2D eigenvalue weighted by atomic mass is 16.3. The second kappa shape index (κ2) is 9.36. The van der Waals surface area contributed by atoms with Crippen LogP contribution in [0.2, 0.25) is 0 Å². The van der Waals surface area contributed by atoms with Crippen molar-refractivity contribution >= 4 is 5.96 Å². The van der Waals surface area contributed by atoms with Gasteiger partial charge in [0.15, 0.2) is 5.96 Å². The van der Waals surface area contributed by atoms with Crippen molar-refractivity contribution in [3.8, 4) is 0 Å². The quantitative estimate of drug-likeness (QED) is 0.534. The van der Waals surface area contributed by atoms with E-state index in [0.717, 1.165) is 51.3 Å². The monoisotopic (exact) mass is 310 g/mol. The van der Waals surface area contributed by atoms with E-state index in [1.165, 1.54) is 25.8 Å². The predicted molar refractivity (Wildman–Crippen MR) is 92.3 cm³/mol. The van der Waals surface area contributed by atoms with Crippen molar-refractivity contribution in [3.63, 3.8) is 0 Å². The minimum Gasteiger partial charge on any atom is -0.393 e. The Morgan fingerprint density at radius 2 is 1.95 bits per heavy atom. The van der Waals surface area contributed by atoms with Crippen LogP contribution in [0.15, 0.2) is 4.99 Å². The maximum Gasteiger partial charge on any atom is 0.191 e. The van der Waals surface area contributed by atoms with E-state index in [4.69, 9.17) is 4.99 Å². The first kappa shape index (κ1) is 17.5. The standard InChI is InChI=1S/C17H34N4O/c1-3-18-17(20-15-7-9-16(22)10-8-15)19-11-13-21-12-5-4-6-14(21)2/h14-16,22H,3-13H2,1-2H3,(H2,18,19,20). The third-order valence-electron chi connectivity index (χ3n) is 4.98. The van der Waals surface area contributed by atoms with E-state index >= 15 is 0 Å². The summed E-state index contributed by atoms with van der Waals surface area (Å²) < 4.78 is 0. The highest BCUT2D eigenvalue weighted by Crippen LogP contribution is 2.18. The Morgan fingerprint density at radius 1 is 1.18 bits per heavy atom. The van der Waals surface area contributed by atoms with Gasteiger partial charge in [0.05, 0.1) is 12.6 Å². The number of hydrogen-bond acceptors (Lipinski definition) is 3. The first-order valence-electron chi connectivity index (χ1n) is 9.16. The van der Waals surface area contributed by atoms with Crippen molar-refractivity contribution in [2.75, 3.05) is 26.2 Å². The van der Waals surface area contributed by atoms with Gasteiger partial charge in [-0.1, -0.05) is 6.42 Å². The first-order valence-corrected chi connectivity index (χ1v) is 9.16. The Labute approximate surface area is 135 Å². The summed E-state index contributed by atoms with van der Waals surface area (Å²) in [5, 5.41) is 16.5. The number of aliphatic hydroxyl groups is 1. The number of nitrogens with one attached hydrogen (secondary N) is 2. The number of piperidine rings is 1. The van der Waals surface area contributed by atoms with Gasteiger partial charge < -0.3 is 15.7 Å². The fourth-order valence-corrected chi connectivity index (χ4v) is 3.51. The van der Waals surface area contributed by atoms with Gasteiger partial charge in [-0.15, -0.1) is 0 Å². The van der Waals surface area contributed by atoms with Crippen LogP contribution in [0.5, 0.6) is 0 Å². The lowest BCUT2D eigenvalue weighted by atomic mass is 9.93. The number of likely N-dealkylation sites (tertiary alicyclic amines) is 1. The molecule has 0 bridgehead atoms. The van der Waals surface area contributed by atoms with Crippen molar-refractivity contribution in [3.05, 3.63) is 0 Å². The topological polar surface area (TPSA) is 59.9 Å². The number of guanidine groups is 1. The van der Waals surface area contributed by atoms with Crippen molar-refractivity contribution in [2.45, 2.75) is 77.0 Å². The van der Waals surface area contributed by atoms with E-state index in [-0.39, 0.29) is 6.10 Å². The van der Waals surface area contributed by atoms with Crippen LogP contribution in [-0.2, 0) is 0 Å². The molecule has 0 aromatic carbocycles. The first-order chi connectivity index (χ1) is 10.7. The van der Waals surface area contributed by atoms with Crippen molar-refractivity contribution in [1.82, 2.24) is 15.5 Å². The Hall–Kier alpha value is -0.810. The number of rotatable bonds is 5. The van der Waals surface area contributed by atoms with Crippen LogP contribution in [0, 0.1) is 0 Å². The van der Waals surface area contributed by atoms with Gasteiger partial charge in [-0.05, 0) is 58.9 Å². The molecule has 1 heterocycles. The molecule has 128 valence electrons. The molecule has 1 aliphatic heterocycles. The maximum atomic E-state index is 9.60. The molecule has 22 heavy (non-hydrogen) atoms. The zero-order chi connectivity index (χ0) is 15.8. The van der Waals surface area contributed by atoms with Crippen LogP contribution in [0.4, 0.5) is 0 Å². The van der Waals surface area contributed by atoms with Gasteiger partial charge in [-0.25, -0.2) is 0 Å². The summed E-state index contributed by atoms with van der Waals surface area (Å²) in [4.78, 5) is 7.31. The molecular formula is C17H34N4O. The molecule has 0 aromatic rings. The van der Waals surface area contributed by atoms with Crippen molar-refractivity contribution in [1.29, 1.82) is 0 Å². The largest absolute Gasteiger partial charge is 0.393 e. The molecule has 0 aromatic heterocycles. The molecule has 1 atom stereocenters. The van der Waals surface area contributed by atoms with E-state index < -0.39 is 0 Å². The minimum atomic E-state index is -0.0989. The zero-order valence-electron chi connectivity index (χ0n) is 14.4. The van der Waals surface area contributed by atoms with Crippen LogP contribution in [0.3, 0.4) is 0 Å².